The summed E-state index contributed by atoms with van der Waals surface area (Å²) in [6.45, 7) is 0. The summed E-state index contributed by atoms with van der Waals surface area (Å²) < 4.78 is 0. The summed E-state index contributed by atoms with van der Waals surface area (Å²) in [6, 6.07) is 35.5. The molecule has 0 amide bonds. The standard InChI is InChI=1S/C37H25N5/c1-3-7-25(8-4-1)35-32-14-11-27(39-32)21-28-13-16-34(41-28)36(26-9-5-2-6-10-26)37-31(24-17-19-38-20-18-24)23-30(42-37)22-29-12-15-33(35)40-29/h1-23,39,42H. The maximum atomic E-state index is 5.11. The average molecular weight is 540 g/mol. The van der Waals surface area contributed by atoms with Crippen molar-refractivity contribution in [1.82, 2.24) is 24.9 Å². The number of aromatic amines is 2. The highest BCUT2D eigenvalue weighted by Gasteiger charge is 2.16. The summed E-state index contributed by atoms with van der Waals surface area (Å²) in [4.78, 5) is 21.8. The van der Waals surface area contributed by atoms with Crippen LogP contribution in [0.4, 0.5) is 0 Å². The first-order valence-electron chi connectivity index (χ1n) is 13.9. The molecule has 5 heteroatoms. The van der Waals surface area contributed by atoms with Crippen molar-refractivity contribution in [1.29, 1.82) is 0 Å². The smallest absolute Gasteiger partial charge is 0.0737 e. The Morgan fingerprint density at radius 2 is 1.10 bits per heavy atom. The first-order valence-corrected chi connectivity index (χ1v) is 13.9. The number of fused-ring (bicyclic) bond motifs is 8. The molecule has 0 fully saturated rings. The van der Waals surface area contributed by atoms with Gasteiger partial charge in [-0.15, -0.1) is 0 Å². The van der Waals surface area contributed by atoms with Gasteiger partial charge in [0.25, 0.3) is 0 Å². The Kier molecular flexibility index (Phi) is 5.71. The first-order chi connectivity index (χ1) is 20.8. The SMILES string of the molecule is C1=Cc2nc1cc1cc(-c3ccncc3)c([nH]1)c(-c1ccccc1)c1nc(cc3ccc([nH]3)c2-c2ccccc2)C=C1. The number of pyridine rings is 1. The highest BCUT2D eigenvalue weighted by Crippen LogP contribution is 2.36. The monoisotopic (exact) mass is 539 g/mol. The zero-order valence-electron chi connectivity index (χ0n) is 22.6. The molecule has 6 heterocycles. The second-order valence-electron chi connectivity index (χ2n) is 10.4. The molecule has 0 saturated carbocycles. The molecular weight excluding hydrogens is 514 g/mol. The normalized spacial score (nSPS) is 12.1. The molecule has 0 radical (unpaired) electrons. The quantitative estimate of drug-likeness (QED) is 0.235. The van der Waals surface area contributed by atoms with E-state index in [2.05, 4.69) is 118 Å². The first kappa shape index (κ1) is 24.0. The summed E-state index contributed by atoms with van der Waals surface area (Å²) >= 11 is 0. The van der Waals surface area contributed by atoms with Crippen molar-refractivity contribution in [3.63, 3.8) is 0 Å². The van der Waals surface area contributed by atoms with Crippen LogP contribution in [0.25, 0.3) is 79.8 Å². The molecule has 198 valence electrons. The third-order valence-corrected chi connectivity index (χ3v) is 7.62. The Morgan fingerprint density at radius 3 is 1.79 bits per heavy atom. The number of nitrogens with one attached hydrogen (secondary N) is 2. The predicted octanol–water partition coefficient (Wildman–Crippen LogP) is 9.05. The molecule has 2 aliphatic rings. The highest BCUT2D eigenvalue weighted by atomic mass is 14.8. The van der Waals surface area contributed by atoms with Crippen LogP contribution in [0, 0.1) is 0 Å². The molecule has 8 rings (SSSR count). The molecule has 6 aromatic rings. The minimum Gasteiger partial charge on any atom is -0.355 e. The second-order valence-corrected chi connectivity index (χ2v) is 10.4. The van der Waals surface area contributed by atoms with Gasteiger partial charge in [0, 0.05) is 45.6 Å². The fraction of sp³-hybridized carbons (Fsp3) is 0. The van der Waals surface area contributed by atoms with Gasteiger partial charge >= 0.3 is 0 Å². The summed E-state index contributed by atoms with van der Waals surface area (Å²) in [5.41, 5.74) is 14.0. The van der Waals surface area contributed by atoms with Crippen LogP contribution in [0.15, 0.2) is 116 Å². The van der Waals surface area contributed by atoms with Crippen LogP contribution in [0.2, 0.25) is 0 Å². The molecule has 2 aromatic carbocycles. The lowest BCUT2D eigenvalue weighted by atomic mass is 9.99. The van der Waals surface area contributed by atoms with Crippen LogP contribution in [0.1, 0.15) is 22.8 Å². The number of nitrogens with zero attached hydrogens (tertiary/aromatic N) is 3. The van der Waals surface area contributed by atoms with E-state index in [1.807, 2.05) is 36.7 Å². The van der Waals surface area contributed by atoms with Crippen LogP contribution < -0.4 is 0 Å². The van der Waals surface area contributed by atoms with Gasteiger partial charge in [0.1, 0.15) is 0 Å². The molecule has 0 saturated heterocycles. The Bertz CT molecular complexity index is 2170. The molecule has 0 spiro atoms. The van der Waals surface area contributed by atoms with E-state index in [-0.39, 0.29) is 0 Å². The van der Waals surface area contributed by atoms with E-state index in [0.717, 1.165) is 78.2 Å². The van der Waals surface area contributed by atoms with Crippen molar-refractivity contribution >= 4 is 46.4 Å². The van der Waals surface area contributed by atoms with Crippen molar-refractivity contribution in [3.8, 4) is 33.4 Å². The minimum absolute atomic E-state index is 0.882. The maximum Gasteiger partial charge on any atom is 0.0737 e. The lowest BCUT2D eigenvalue weighted by molar-refractivity contribution is 1.31. The van der Waals surface area contributed by atoms with E-state index in [9.17, 15) is 0 Å². The number of hydrogen-bond donors (Lipinski definition) is 2. The van der Waals surface area contributed by atoms with Gasteiger partial charge in [-0.25, -0.2) is 9.97 Å². The van der Waals surface area contributed by atoms with E-state index in [4.69, 9.17) is 9.97 Å². The Morgan fingerprint density at radius 1 is 0.476 bits per heavy atom. The van der Waals surface area contributed by atoms with Crippen LogP contribution in [-0.4, -0.2) is 24.9 Å². The van der Waals surface area contributed by atoms with Crippen molar-refractivity contribution in [3.05, 3.63) is 138 Å². The zero-order chi connectivity index (χ0) is 27.9. The van der Waals surface area contributed by atoms with Gasteiger partial charge in [-0.1, -0.05) is 60.7 Å². The van der Waals surface area contributed by atoms with Gasteiger partial charge in [-0.3, -0.25) is 4.98 Å². The summed E-state index contributed by atoms with van der Waals surface area (Å²) in [5, 5.41) is 0. The number of benzene rings is 2. The Labute approximate surface area is 242 Å². The van der Waals surface area contributed by atoms with Gasteiger partial charge < -0.3 is 9.97 Å². The number of hydrogen-bond acceptors (Lipinski definition) is 3. The van der Waals surface area contributed by atoms with E-state index < -0.39 is 0 Å². The summed E-state index contributed by atoms with van der Waals surface area (Å²) in [5.74, 6) is 0. The van der Waals surface area contributed by atoms with Crippen molar-refractivity contribution in [2.75, 3.05) is 0 Å². The van der Waals surface area contributed by atoms with E-state index in [1.165, 1.54) is 0 Å². The molecular formula is C37H25N5. The molecule has 42 heavy (non-hydrogen) atoms. The Hall–Kier alpha value is -5.81. The van der Waals surface area contributed by atoms with Gasteiger partial charge in [0.2, 0.25) is 0 Å². The van der Waals surface area contributed by atoms with Crippen LogP contribution in [-0.2, 0) is 0 Å². The van der Waals surface area contributed by atoms with Crippen molar-refractivity contribution in [2.45, 2.75) is 0 Å². The zero-order valence-corrected chi connectivity index (χ0v) is 22.6. The van der Waals surface area contributed by atoms with E-state index in [1.54, 1.807) is 0 Å². The maximum absolute atomic E-state index is 5.11. The Balaban J connectivity index is 1.52. The third-order valence-electron chi connectivity index (χ3n) is 7.62. The second kappa shape index (κ2) is 9.98. The number of rotatable bonds is 3. The summed E-state index contributed by atoms with van der Waals surface area (Å²) in [6.07, 6.45) is 12.0. The molecule has 0 atom stereocenters. The molecule has 8 bridgehead atoms. The topological polar surface area (TPSA) is 70.2 Å². The molecule has 4 aromatic heterocycles. The summed E-state index contributed by atoms with van der Waals surface area (Å²) in [7, 11) is 0. The minimum atomic E-state index is 0.882. The van der Waals surface area contributed by atoms with Crippen LogP contribution in [0.5, 0.6) is 0 Å². The molecule has 2 aliphatic heterocycles. The molecule has 5 nitrogen and oxygen atoms in total. The molecule has 0 aliphatic carbocycles. The largest absolute Gasteiger partial charge is 0.355 e. The van der Waals surface area contributed by atoms with Gasteiger partial charge in [-0.05, 0) is 83.5 Å². The third kappa shape index (κ3) is 4.34. The van der Waals surface area contributed by atoms with Crippen molar-refractivity contribution in [2.24, 2.45) is 0 Å². The van der Waals surface area contributed by atoms with Crippen LogP contribution in [0.3, 0.4) is 0 Å². The molecule has 0 unspecified atom stereocenters. The fourth-order valence-electron chi connectivity index (χ4n) is 5.74. The van der Waals surface area contributed by atoms with Crippen molar-refractivity contribution < 1.29 is 0 Å². The van der Waals surface area contributed by atoms with E-state index >= 15 is 0 Å². The fourth-order valence-corrected chi connectivity index (χ4v) is 5.74. The van der Waals surface area contributed by atoms with Gasteiger partial charge in [0.05, 0.1) is 28.3 Å². The lowest BCUT2D eigenvalue weighted by Crippen LogP contribution is -1.87. The molecule has 2 N–H and O–H groups in total. The number of H-pyrrole nitrogens is 2. The lowest BCUT2D eigenvalue weighted by Gasteiger charge is -2.06. The average Bonchev–Trinajstić information content (AvgIpc) is 3.85. The highest BCUT2D eigenvalue weighted by molar-refractivity contribution is 6.00. The predicted molar refractivity (Wildman–Crippen MR) is 173 cm³/mol. The van der Waals surface area contributed by atoms with E-state index in [0.29, 0.717) is 0 Å². The van der Waals surface area contributed by atoms with Gasteiger partial charge in [0.15, 0.2) is 0 Å². The number of aromatic nitrogens is 5. The van der Waals surface area contributed by atoms with Gasteiger partial charge in [-0.2, -0.15) is 0 Å². The van der Waals surface area contributed by atoms with Crippen LogP contribution >= 0.6 is 0 Å².